The van der Waals surface area contributed by atoms with Crippen LogP contribution in [-0.4, -0.2) is 14.2 Å². The van der Waals surface area contributed by atoms with E-state index in [1.54, 1.807) is 7.11 Å². The molecule has 2 nitrogen and oxygen atoms in total. The van der Waals surface area contributed by atoms with E-state index in [1.807, 2.05) is 7.05 Å². The summed E-state index contributed by atoms with van der Waals surface area (Å²) in [7, 11) is 3.73. The zero-order valence-electron chi connectivity index (χ0n) is 8.89. The highest BCUT2D eigenvalue weighted by atomic mass is 16.5. The monoisotopic (exact) mass is 191 g/mol. The van der Waals surface area contributed by atoms with E-state index < -0.39 is 0 Å². The zero-order chi connectivity index (χ0) is 9.97. The topological polar surface area (TPSA) is 21.3 Å². The Kier molecular flexibility index (Phi) is 2.73. The van der Waals surface area contributed by atoms with Crippen molar-refractivity contribution in [3.63, 3.8) is 0 Å². The fraction of sp³-hybridized carbons (Fsp3) is 0.500. The summed E-state index contributed by atoms with van der Waals surface area (Å²) < 4.78 is 5.38. The summed E-state index contributed by atoms with van der Waals surface area (Å²) in [6.07, 6.45) is 3.73. The van der Waals surface area contributed by atoms with Gasteiger partial charge < -0.3 is 10.1 Å². The van der Waals surface area contributed by atoms with Crippen molar-refractivity contribution < 1.29 is 4.74 Å². The number of nitrogens with one attached hydrogen (secondary N) is 1. The Bertz CT molecular complexity index is 333. The summed E-state index contributed by atoms with van der Waals surface area (Å²) in [4.78, 5) is 0. The molecule has 2 heteroatoms. The molecule has 0 bridgehead atoms. The second kappa shape index (κ2) is 4.01. The molecule has 76 valence electrons. The lowest BCUT2D eigenvalue weighted by Gasteiger charge is -2.13. The van der Waals surface area contributed by atoms with Crippen molar-refractivity contribution in [3.8, 4) is 5.75 Å². The minimum Gasteiger partial charge on any atom is -0.496 e. The van der Waals surface area contributed by atoms with Gasteiger partial charge in [0, 0.05) is 12.1 Å². The lowest BCUT2D eigenvalue weighted by atomic mass is 10.0. The van der Waals surface area contributed by atoms with E-state index in [9.17, 15) is 0 Å². The van der Waals surface area contributed by atoms with Gasteiger partial charge in [0.25, 0.3) is 0 Å². The first kappa shape index (κ1) is 9.53. The number of hydrogen-bond acceptors (Lipinski definition) is 2. The van der Waals surface area contributed by atoms with Gasteiger partial charge in [-0.15, -0.1) is 0 Å². The zero-order valence-corrected chi connectivity index (χ0v) is 8.89. The number of fused-ring (bicyclic) bond motifs is 1. The van der Waals surface area contributed by atoms with E-state index in [2.05, 4.69) is 17.4 Å². The van der Waals surface area contributed by atoms with Gasteiger partial charge in [-0.3, -0.25) is 0 Å². The molecular weight excluding hydrogens is 174 g/mol. The first-order valence-corrected chi connectivity index (χ1v) is 5.19. The Labute approximate surface area is 85.3 Å². The van der Waals surface area contributed by atoms with Crippen LogP contribution in [0.3, 0.4) is 0 Å². The fourth-order valence-electron chi connectivity index (χ4n) is 2.28. The van der Waals surface area contributed by atoms with E-state index in [-0.39, 0.29) is 0 Å². The summed E-state index contributed by atoms with van der Waals surface area (Å²) in [6, 6.07) is 4.30. The Hall–Kier alpha value is -1.02. The second-order valence-electron chi connectivity index (χ2n) is 3.77. The Morgan fingerprint density at radius 3 is 2.93 bits per heavy atom. The summed E-state index contributed by atoms with van der Waals surface area (Å²) >= 11 is 0. The average Bonchev–Trinajstić information content (AvgIpc) is 2.67. The van der Waals surface area contributed by atoms with Gasteiger partial charge in [0.15, 0.2) is 0 Å². The molecule has 0 saturated carbocycles. The molecule has 1 aromatic carbocycles. The largest absolute Gasteiger partial charge is 0.496 e. The van der Waals surface area contributed by atoms with Crippen LogP contribution in [0.4, 0.5) is 0 Å². The number of aryl methyl sites for hydroxylation is 1. The van der Waals surface area contributed by atoms with Gasteiger partial charge in [0.2, 0.25) is 0 Å². The molecule has 0 amide bonds. The molecule has 0 aromatic heterocycles. The molecule has 1 aromatic rings. The highest BCUT2D eigenvalue weighted by molar-refractivity contribution is 5.47. The maximum Gasteiger partial charge on any atom is 0.123 e. The highest BCUT2D eigenvalue weighted by Crippen LogP contribution is 2.31. The fourth-order valence-corrected chi connectivity index (χ4v) is 2.28. The first-order chi connectivity index (χ1) is 6.86. The van der Waals surface area contributed by atoms with Gasteiger partial charge in [0.05, 0.1) is 7.11 Å². The summed E-state index contributed by atoms with van der Waals surface area (Å²) in [6.45, 7) is 0.909. The van der Waals surface area contributed by atoms with Gasteiger partial charge >= 0.3 is 0 Å². The Morgan fingerprint density at radius 1 is 1.36 bits per heavy atom. The van der Waals surface area contributed by atoms with Gasteiger partial charge in [-0.25, -0.2) is 0 Å². The standard InChI is InChI=1S/C12H17NO/c1-13-8-11-10-5-3-4-9(10)6-7-12(11)14-2/h6-7,13H,3-5,8H2,1-2H3. The molecule has 14 heavy (non-hydrogen) atoms. The molecule has 0 radical (unpaired) electrons. The number of hydrogen-bond donors (Lipinski definition) is 1. The minimum atomic E-state index is 0.909. The van der Waals surface area contributed by atoms with Crippen LogP contribution in [0.15, 0.2) is 12.1 Å². The van der Waals surface area contributed by atoms with Gasteiger partial charge in [-0.05, 0) is 43.5 Å². The minimum absolute atomic E-state index is 0.909. The lowest BCUT2D eigenvalue weighted by molar-refractivity contribution is 0.408. The summed E-state index contributed by atoms with van der Waals surface area (Å²) in [5.74, 6) is 1.03. The number of benzene rings is 1. The van der Waals surface area contributed by atoms with Crippen LogP contribution in [0.5, 0.6) is 5.75 Å². The van der Waals surface area contributed by atoms with Crippen LogP contribution >= 0.6 is 0 Å². The van der Waals surface area contributed by atoms with E-state index in [4.69, 9.17) is 4.74 Å². The van der Waals surface area contributed by atoms with Crippen LogP contribution in [-0.2, 0) is 19.4 Å². The lowest BCUT2D eigenvalue weighted by Crippen LogP contribution is -2.09. The third-order valence-corrected chi connectivity index (χ3v) is 2.93. The predicted molar refractivity (Wildman–Crippen MR) is 57.8 cm³/mol. The summed E-state index contributed by atoms with van der Waals surface area (Å²) in [5, 5.41) is 3.21. The van der Waals surface area contributed by atoms with Crippen LogP contribution in [0.2, 0.25) is 0 Å². The third kappa shape index (κ3) is 1.50. The quantitative estimate of drug-likeness (QED) is 0.788. The number of rotatable bonds is 3. The van der Waals surface area contributed by atoms with E-state index >= 15 is 0 Å². The molecule has 0 unspecified atom stereocenters. The molecule has 0 atom stereocenters. The van der Waals surface area contributed by atoms with Crippen LogP contribution in [0, 0.1) is 0 Å². The number of ether oxygens (including phenoxy) is 1. The predicted octanol–water partition coefficient (Wildman–Crippen LogP) is 1.90. The molecule has 0 aliphatic heterocycles. The van der Waals surface area contributed by atoms with Gasteiger partial charge in [-0.1, -0.05) is 6.07 Å². The van der Waals surface area contributed by atoms with Crippen molar-refractivity contribution in [2.24, 2.45) is 0 Å². The molecule has 1 aliphatic rings. The van der Waals surface area contributed by atoms with Crippen LogP contribution < -0.4 is 10.1 Å². The van der Waals surface area contributed by atoms with E-state index in [1.165, 1.54) is 36.0 Å². The van der Waals surface area contributed by atoms with Crippen molar-refractivity contribution in [3.05, 3.63) is 28.8 Å². The molecule has 0 fully saturated rings. The van der Waals surface area contributed by atoms with E-state index in [0.29, 0.717) is 0 Å². The average molecular weight is 191 g/mol. The first-order valence-electron chi connectivity index (χ1n) is 5.19. The maximum absolute atomic E-state index is 5.38. The molecule has 1 N–H and O–H groups in total. The van der Waals surface area contributed by atoms with E-state index in [0.717, 1.165) is 12.3 Å². The molecule has 0 saturated heterocycles. The number of methoxy groups -OCH3 is 1. The van der Waals surface area contributed by atoms with Crippen LogP contribution in [0.1, 0.15) is 23.1 Å². The van der Waals surface area contributed by atoms with Gasteiger partial charge in [0.1, 0.15) is 5.75 Å². The SMILES string of the molecule is CNCc1c(OC)ccc2c1CCC2. The van der Waals surface area contributed by atoms with Crippen molar-refractivity contribution in [2.75, 3.05) is 14.2 Å². The van der Waals surface area contributed by atoms with Gasteiger partial charge in [-0.2, -0.15) is 0 Å². The van der Waals surface area contributed by atoms with Crippen molar-refractivity contribution in [2.45, 2.75) is 25.8 Å². The van der Waals surface area contributed by atoms with Crippen molar-refractivity contribution in [1.82, 2.24) is 5.32 Å². The van der Waals surface area contributed by atoms with Crippen molar-refractivity contribution in [1.29, 1.82) is 0 Å². The normalized spacial score (nSPS) is 14.1. The third-order valence-electron chi connectivity index (χ3n) is 2.93. The molecule has 2 rings (SSSR count). The maximum atomic E-state index is 5.38. The smallest absolute Gasteiger partial charge is 0.123 e. The second-order valence-corrected chi connectivity index (χ2v) is 3.77. The Morgan fingerprint density at radius 2 is 2.21 bits per heavy atom. The highest BCUT2D eigenvalue weighted by Gasteiger charge is 2.17. The summed E-state index contributed by atoms with van der Waals surface area (Å²) in [5.41, 5.74) is 4.37. The molecule has 0 heterocycles. The van der Waals surface area contributed by atoms with Crippen molar-refractivity contribution >= 4 is 0 Å². The Balaban J connectivity index is 2.45. The van der Waals surface area contributed by atoms with Crippen LogP contribution in [0.25, 0.3) is 0 Å². The molecule has 1 aliphatic carbocycles. The molecule has 0 spiro atoms. The molecular formula is C12H17NO.